The first-order chi connectivity index (χ1) is 9.81. The van der Waals surface area contributed by atoms with E-state index in [-0.39, 0.29) is 23.2 Å². The number of aryl methyl sites for hydroxylation is 2. The second-order valence-electron chi connectivity index (χ2n) is 5.31. The minimum Gasteiger partial charge on any atom is -0.313 e. The normalized spacial score (nSPS) is 18.9. The maximum Gasteiger partial charge on any atom is 0.289 e. The van der Waals surface area contributed by atoms with Crippen molar-refractivity contribution in [2.75, 3.05) is 13.1 Å². The highest BCUT2D eigenvalue weighted by Gasteiger charge is 2.27. The van der Waals surface area contributed by atoms with E-state index in [9.17, 15) is 18.5 Å². The van der Waals surface area contributed by atoms with Crippen LogP contribution in [0, 0.1) is 24.0 Å². The van der Waals surface area contributed by atoms with Crippen LogP contribution < -0.4 is 10.0 Å². The second-order valence-corrected chi connectivity index (χ2v) is 7.04. The Morgan fingerprint density at radius 2 is 2.05 bits per heavy atom. The van der Waals surface area contributed by atoms with Crippen molar-refractivity contribution in [1.82, 2.24) is 10.0 Å². The Labute approximate surface area is 123 Å². The van der Waals surface area contributed by atoms with Crippen molar-refractivity contribution in [1.29, 1.82) is 0 Å². The van der Waals surface area contributed by atoms with E-state index >= 15 is 0 Å². The van der Waals surface area contributed by atoms with Crippen LogP contribution in [-0.2, 0) is 10.0 Å². The largest absolute Gasteiger partial charge is 0.313 e. The standard InChI is InChI=1S/C13H19N3O4S/c1-9-6-12(16(17)18)13(7-10(9)2)21(19,20)15-8-11-4-3-5-14-11/h6-7,11,14-15H,3-5,8H2,1-2H3. The van der Waals surface area contributed by atoms with Crippen molar-refractivity contribution in [3.63, 3.8) is 0 Å². The number of nitrogens with zero attached hydrogens (tertiary/aromatic N) is 1. The molecule has 1 aromatic carbocycles. The van der Waals surface area contributed by atoms with Crippen molar-refractivity contribution in [3.05, 3.63) is 33.4 Å². The summed E-state index contributed by atoms with van der Waals surface area (Å²) in [5.74, 6) is 0. The van der Waals surface area contributed by atoms with E-state index in [0.717, 1.165) is 19.4 Å². The fourth-order valence-electron chi connectivity index (χ4n) is 2.35. The highest BCUT2D eigenvalue weighted by Crippen LogP contribution is 2.27. The lowest BCUT2D eigenvalue weighted by molar-refractivity contribution is -0.387. The fourth-order valence-corrected chi connectivity index (χ4v) is 3.67. The molecule has 1 saturated heterocycles. The molecule has 0 saturated carbocycles. The predicted octanol–water partition coefficient (Wildman–Crippen LogP) is 1.24. The van der Waals surface area contributed by atoms with E-state index in [1.165, 1.54) is 12.1 Å². The first-order valence-electron chi connectivity index (χ1n) is 6.80. The van der Waals surface area contributed by atoms with Crippen molar-refractivity contribution < 1.29 is 13.3 Å². The Hall–Kier alpha value is -1.51. The molecule has 1 heterocycles. The monoisotopic (exact) mass is 313 g/mol. The van der Waals surface area contributed by atoms with Crippen LogP contribution in [0.4, 0.5) is 5.69 Å². The summed E-state index contributed by atoms with van der Waals surface area (Å²) >= 11 is 0. The summed E-state index contributed by atoms with van der Waals surface area (Å²) in [7, 11) is -3.89. The molecule has 8 heteroatoms. The zero-order chi connectivity index (χ0) is 15.6. The molecule has 0 amide bonds. The number of hydrogen-bond donors (Lipinski definition) is 2. The number of nitrogens with one attached hydrogen (secondary N) is 2. The van der Waals surface area contributed by atoms with Gasteiger partial charge in [-0.05, 0) is 50.4 Å². The molecule has 2 rings (SSSR count). The zero-order valence-electron chi connectivity index (χ0n) is 12.0. The van der Waals surface area contributed by atoms with Crippen molar-refractivity contribution in [3.8, 4) is 0 Å². The van der Waals surface area contributed by atoms with Gasteiger partial charge in [0, 0.05) is 18.7 Å². The number of hydrogen-bond acceptors (Lipinski definition) is 5. The molecule has 0 aromatic heterocycles. The van der Waals surface area contributed by atoms with E-state index in [1.807, 2.05) is 0 Å². The summed E-state index contributed by atoms with van der Waals surface area (Å²) in [5.41, 5.74) is 1.02. The summed E-state index contributed by atoms with van der Waals surface area (Å²) in [5, 5.41) is 14.3. The first-order valence-corrected chi connectivity index (χ1v) is 8.28. The third kappa shape index (κ3) is 3.58. The molecule has 21 heavy (non-hydrogen) atoms. The van der Waals surface area contributed by atoms with Gasteiger partial charge in [0.2, 0.25) is 10.0 Å². The zero-order valence-corrected chi connectivity index (χ0v) is 12.9. The molecule has 2 N–H and O–H groups in total. The van der Waals surface area contributed by atoms with Crippen LogP contribution >= 0.6 is 0 Å². The van der Waals surface area contributed by atoms with Gasteiger partial charge < -0.3 is 5.32 Å². The average molecular weight is 313 g/mol. The van der Waals surface area contributed by atoms with E-state index in [4.69, 9.17) is 0 Å². The molecule has 1 unspecified atom stereocenters. The van der Waals surface area contributed by atoms with E-state index in [1.54, 1.807) is 13.8 Å². The summed E-state index contributed by atoms with van der Waals surface area (Å²) in [6.07, 6.45) is 1.91. The van der Waals surface area contributed by atoms with Gasteiger partial charge in [0.05, 0.1) is 4.92 Å². The van der Waals surface area contributed by atoms with Gasteiger partial charge in [-0.2, -0.15) is 0 Å². The topological polar surface area (TPSA) is 101 Å². The van der Waals surface area contributed by atoms with Crippen LogP contribution in [0.5, 0.6) is 0 Å². The third-order valence-corrected chi connectivity index (χ3v) is 5.20. The number of nitro benzene ring substituents is 1. The number of sulfonamides is 1. The van der Waals surface area contributed by atoms with Crippen LogP contribution in [0.1, 0.15) is 24.0 Å². The summed E-state index contributed by atoms with van der Waals surface area (Å²) in [4.78, 5) is 10.2. The van der Waals surface area contributed by atoms with Crippen molar-refractivity contribution >= 4 is 15.7 Å². The van der Waals surface area contributed by atoms with Gasteiger partial charge in [-0.3, -0.25) is 10.1 Å². The first kappa shape index (κ1) is 15.9. The molecule has 1 atom stereocenters. The van der Waals surface area contributed by atoms with Gasteiger partial charge in [0.1, 0.15) is 0 Å². The highest BCUT2D eigenvalue weighted by molar-refractivity contribution is 7.89. The molecule has 0 aliphatic carbocycles. The summed E-state index contributed by atoms with van der Waals surface area (Å²) in [6.45, 7) is 4.56. The molecule has 0 radical (unpaired) electrons. The molecule has 1 aromatic rings. The number of benzene rings is 1. The molecule has 7 nitrogen and oxygen atoms in total. The maximum atomic E-state index is 12.3. The summed E-state index contributed by atoms with van der Waals surface area (Å²) in [6, 6.07) is 2.75. The second kappa shape index (κ2) is 6.08. The Kier molecular flexibility index (Phi) is 4.60. The third-order valence-electron chi connectivity index (χ3n) is 3.74. The fraction of sp³-hybridized carbons (Fsp3) is 0.538. The smallest absolute Gasteiger partial charge is 0.289 e. The Balaban J connectivity index is 2.29. The molecular formula is C13H19N3O4S. The minimum absolute atomic E-state index is 0.0883. The molecule has 0 spiro atoms. The average Bonchev–Trinajstić information content (AvgIpc) is 2.92. The van der Waals surface area contributed by atoms with Crippen molar-refractivity contribution in [2.45, 2.75) is 37.6 Å². The summed E-state index contributed by atoms with van der Waals surface area (Å²) < 4.78 is 27.1. The number of rotatable bonds is 5. The molecular weight excluding hydrogens is 294 g/mol. The highest BCUT2D eigenvalue weighted by atomic mass is 32.2. The lowest BCUT2D eigenvalue weighted by Gasteiger charge is -2.13. The van der Waals surface area contributed by atoms with Gasteiger partial charge in [-0.25, -0.2) is 13.1 Å². The molecule has 116 valence electrons. The molecule has 1 fully saturated rings. The van der Waals surface area contributed by atoms with E-state index < -0.39 is 14.9 Å². The number of nitro groups is 1. The molecule has 1 aliphatic rings. The predicted molar refractivity (Wildman–Crippen MR) is 78.8 cm³/mol. The Morgan fingerprint density at radius 1 is 1.38 bits per heavy atom. The van der Waals surface area contributed by atoms with Crippen LogP contribution in [0.3, 0.4) is 0 Å². The Bertz CT molecular complexity index is 652. The van der Waals surface area contributed by atoms with Gasteiger partial charge in [0.15, 0.2) is 4.90 Å². The lowest BCUT2D eigenvalue weighted by atomic mass is 10.1. The van der Waals surface area contributed by atoms with E-state index in [2.05, 4.69) is 10.0 Å². The van der Waals surface area contributed by atoms with Crippen LogP contribution in [0.2, 0.25) is 0 Å². The van der Waals surface area contributed by atoms with Gasteiger partial charge >= 0.3 is 0 Å². The molecule has 1 aliphatic heterocycles. The van der Waals surface area contributed by atoms with Gasteiger partial charge in [-0.1, -0.05) is 0 Å². The van der Waals surface area contributed by atoms with Gasteiger partial charge in [0.25, 0.3) is 5.69 Å². The van der Waals surface area contributed by atoms with Crippen LogP contribution in [0.15, 0.2) is 17.0 Å². The lowest BCUT2D eigenvalue weighted by Crippen LogP contribution is -2.37. The maximum absolute atomic E-state index is 12.3. The van der Waals surface area contributed by atoms with Crippen molar-refractivity contribution in [2.24, 2.45) is 0 Å². The quantitative estimate of drug-likeness (QED) is 0.629. The SMILES string of the molecule is Cc1cc([N+](=O)[O-])c(S(=O)(=O)NCC2CCCN2)cc1C. The van der Waals surface area contributed by atoms with Crippen LogP contribution in [-0.4, -0.2) is 32.5 Å². The van der Waals surface area contributed by atoms with E-state index in [0.29, 0.717) is 11.1 Å². The Morgan fingerprint density at radius 3 is 2.62 bits per heavy atom. The molecule has 0 bridgehead atoms. The van der Waals surface area contributed by atoms with Gasteiger partial charge in [-0.15, -0.1) is 0 Å². The minimum atomic E-state index is -3.89. The van der Waals surface area contributed by atoms with Crippen LogP contribution in [0.25, 0.3) is 0 Å².